The molecule has 1 aromatic carbocycles. The number of likely N-dealkylation sites (tertiary alicyclic amines) is 1. The lowest BCUT2D eigenvalue weighted by molar-refractivity contribution is -0.259. The molecule has 4 nitrogen and oxygen atoms in total. The second kappa shape index (κ2) is 9.98. The van der Waals surface area contributed by atoms with Crippen LogP contribution in [0.25, 0.3) is 0 Å². The first-order valence-electron chi connectivity index (χ1n) is 10.5. The van der Waals surface area contributed by atoms with Crippen molar-refractivity contribution in [3.8, 4) is 0 Å². The minimum absolute atomic E-state index is 0.279. The smallest absolute Gasteiger partial charge is 0.170 e. The zero-order valence-electron chi connectivity index (χ0n) is 17.3. The number of rotatable bonds is 7. The van der Waals surface area contributed by atoms with Crippen molar-refractivity contribution < 1.29 is 9.47 Å². The first kappa shape index (κ1) is 22.2. The fourth-order valence-electron chi connectivity index (χ4n) is 4.79. The molecule has 0 radical (unpaired) electrons. The predicted octanol–water partition coefficient (Wildman–Crippen LogP) is 4.84. The lowest BCUT2D eigenvalue weighted by Crippen LogP contribution is -2.59. The van der Waals surface area contributed by atoms with E-state index in [0.29, 0.717) is 19.3 Å². The second-order valence-corrected chi connectivity index (χ2v) is 9.12. The average molecular weight is 469 g/mol. The summed E-state index contributed by atoms with van der Waals surface area (Å²) in [6.45, 7) is 7.83. The van der Waals surface area contributed by atoms with Gasteiger partial charge in [0.25, 0.3) is 0 Å². The van der Waals surface area contributed by atoms with Crippen molar-refractivity contribution in [2.75, 3.05) is 33.4 Å². The molecule has 2 fully saturated rings. The lowest BCUT2D eigenvalue weighted by Gasteiger charge is -2.50. The molecule has 1 aliphatic heterocycles. The largest absolute Gasteiger partial charge is 0.361 e. The molecule has 0 spiro atoms. The van der Waals surface area contributed by atoms with E-state index in [1.165, 1.54) is 25.9 Å². The monoisotopic (exact) mass is 468 g/mol. The summed E-state index contributed by atoms with van der Waals surface area (Å²) in [6.07, 6.45) is 5.48. The SMILES string of the molecule is CCOC1(OCC)CCC(N2CCCC2)C(N(C)C(=S)c2ccc(Br)cc2)C1. The Labute approximate surface area is 183 Å². The van der Waals surface area contributed by atoms with Gasteiger partial charge in [0.15, 0.2) is 5.79 Å². The van der Waals surface area contributed by atoms with Crippen molar-refractivity contribution >= 4 is 33.1 Å². The average Bonchev–Trinajstić information content (AvgIpc) is 3.22. The first-order valence-corrected chi connectivity index (χ1v) is 11.7. The Kier molecular flexibility index (Phi) is 7.90. The van der Waals surface area contributed by atoms with E-state index in [1.807, 2.05) is 0 Å². The summed E-state index contributed by atoms with van der Waals surface area (Å²) in [5.74, 6) is -0.492. The van der Waals surface area contributed by atoms with Gasteiger partial charge in [0, 0.05) is 49.2 Å². The van der Waals surface area contributed by atoms with Gasteiger partial charge < -0.3 is 14.4 Å². The van der Waals surface area contributed by atoms with Gasteiger partial charge in [-0.1, -0.05) is 40.3 Å². The first-order chi connectivity index (χ1) is 13.5. The van der Waals surface area contributed by atoms with Crippen molar-refractivity contribution in [2.45, 2.75) is 63.8 Å². The molecule has 2 aliphatic rings. The van der Waals surface area contributed by atoms with Gasteiger partial charge in [0.2, 0.25) is 0 Å². The van der Waals surface area contributed by atoms with Crippen LogP contribution in [0.4, 0.5) is 0 Å². The summed E-state index contributed by atoms with van der Waals surface area (Å²) in [5.41, 5.74) is 1.09. The standard InChI is InChI=1S/C22H33BrN2O2S/c1-4-26-22(27-5-2)13-12-19(25-14-6-7-15-25)20(16-22)24(3)21(28)17-8-10-18(23)11-9-17/h8-11,19-20H,4-7,12-16H2,1-3H3. The minimum Gasteiger partial charge on any atom is -0.361 e. The van der Waals surface area contributed by atoms with Crippen LogP contribution >= 0.6 is 28.1 Å². The molecule has 1 heterocycles. The van der Waals surface area contributed by atoms with Gasteiger partial charge in [0.05, 0.1) is 6.04 Å². The number of nitrogens with zero attached hydrogens (tertiary/aromatic N) is 2. The highest BCUT2D eigenvalue weighted by molar-refractivity contribution is 9.10. The minimum atomic E-state index is -0.492. The van der Waals surface area contributed by atoms with Crippen LogP contribution in [0.1, 0.15) is 51.5 Å². The normalized spacial score (nSPS) is 25.0. The zero-order chi connectivity index (χ0) is 20.1. The Balaban J connectivity index is 1.85. The van der Waals surface area contributed by atoms with Crippen LogP contribution < -0.4 is 0 Å². The molecule has 1 saturated heterocycles. The van der Waals surface area contributed by atoms with Crippen LogP contribution in [0.15, 0.2) is 28.7 Å². The Morgan fingerprint density at radius 3 is 2.36 bits per heavy atom. The Hall–Kier alpha value is -0.530. The molecular formula is C22H33BrN2O2S. The molecule has 1 aromatic rings. The molecule has 2 atom stereocenters. The number of halogens is 1. The molecule has 0 aromatic heterocycles. The molecule has 0 amide bonds. The molecule has 1 saturated carbocycles. The van der Waals surface area contributed by atoms with E-state index in [0.717, 1.165) is 34.3 Å². The third kappa shape index (κ3) is 4.96. The van der Waals surface area contributed by atoms with E-state index in [2.05, 4.69) is 70.9 Å². The summed E-state index contributed by atoms with van der Waals surface area (Å²) in [7, 11) is 2.14. The lowest BCUT2D eigenvalue weighted by atomic mass is 9.83. The summed E-state index contributed by atoms with van der Waals surface area (Å²) in [5, 5.41) is 0. The Morgan fingerprint density at radius 1 is 1.18 bits per heavy atom. The summed E-state index contributed by atoms with van der Waals surface area (Å²) < 4.78 is 13.4. The van der Waals surface area contributed by atoms with Gasteiger partial charge in [0.1, 0.15) is 4.99 Å². The fourth-order valence-corrected chi connectivity index (χ4v) is 5.32. The topological polar surface area (TPSA) is 24.9 Å². The van der Waals surface area contributed by atoms with Gasteiger partial charge in [-0.05, 0) is 58.3 Å². The van der Waals surface area contributed by atoms with E-state index < -0.39 is 5.79 Å². The van der Waals surface area contributed by atoms with Gasteiger partial charge in [-0.2, -0.15) is 0 Å². The van der Waals surface area contributed by atoms with Crippen molar-refractivity contribution in [3.63, 3.8) is 0 Å². The van der Waals surface area contributed by atoms with Crippen molar-refractivity contribution in [1.29, 1.82) is 0 Å². The third-order valence-electron chi connectivity index (χ3n) is 6.12. The molecular weight excluding hydrogens is 436 g/mol. The molecule has 3 rings (SSSR count). The Morgan fingerprint density at radius 2 is 1.79 bits per heavy atom. The number of likely N-dealkylation sites (N-methyl/N-ethyl adjacent to an activating group) is 1. The maximum Gasteiger partial charge on any atom is 0.170 e. The highest BCUT2D eigenvalue weighted by Gasteiger charge is 2.46. The highest BCUT2D eigenvalue weighted by atomic mass is 79.9. The van der Waals surface area contributed by atoms with Gasteiger partial charge in [-0.25, -0.2) is 0 Å². The Bertz CT molecular complexity index is 642. The number of ether oxygens (including phenoxy) is 2. The van der Waals surface area contributed by atoms with Crippen LogP contribution in [0.5, 0.6) is 0 Å². The highest BCUT2D eigenvalue weighted by Crippen LogP contribution is 2.38. The van der Waals surface area contributed by atoms with Crippen LogP contribution in [-0.4, -0.2) is 66.0 Å². The molecule has 1 aliphatic carbocycles. The van der Waals surface area contributed by atoms with Gasteiger partial charge in [-0.15, -0.1) is 0 Å². The van der Waals surface area contributed by atoms with Gasteiger partial charge in [-0.3, -0.25) is 4.90 Å². The van der Waals surface area contributed by atoms with E-state index in [9.17, 15) is 0 Å². The fraction of sp³-hybridized carbons (Fsp3) is 0.682. The molecule has 28 heavy (non-hydrogen) atoms. The van der Waals surface area contributed by atoms with Crippen molar-refractivity contribution in [2.24, 2.45) is 0 Å². The molecule has 2 unspecified atom stereocenters. The second-order valence-electron chi connectivity index (χ2n) is 7.82. The predicted molar refractivity (Wildman–Crippen MR) is 122 cm³/mol. The summed E-state index contributed by atoms with van der Waals surface area (Å²) >= 11 is 9.42. The molecule has 0 N–H and O–H groups in total. The number of thiocarbonyl (C=S) groups is 1. The van der Waals surface area contributed by atoms with Crippen LogP contribution in [-0.2, 0) is 9.47 Å². The zero-order valence-corrected chi connectivity index (χ0v) is 19.7. The van der Waals surface area contributed by atoms with Crippen LogP contribution in [0.2, 0.25) is 0 Å². The summed E-state index contributed by atoms with van der Waals surface area (Å²) in [6, 6.07) is 9.07. The van der Waals surface area contributed by atoms with E-state index >= 15 is 0 Å². The van der Waals surface area contributed by atoms with Crippen molar-refractivity contribution in [3.05, 3.63) is 34.3 Å². The number of hydrogen-bond donors (Lipinski definition) is 0. The van der Waals surface area contributed by atoms with Crippen molar-refractivity contribution in [1.82, 2.24) is 9.80 Å². The van der Waals surface area contributed by atoms with E-state index in [-0.39, 0.29) is 6.04 Å². The third-order valence-corrected chi connectivity index (χ3v) is 7.17. The molecule has 156 valence electrons. The number of hydrogen-bond acceptors (Lipinski definition) is 4. The molecule has 6 heteroatoms. The van der Waals surface area contributed by atoms with E-state index in [4.69, 9.17) is 21.7 Å². The quantitative estimate of drug-likeness (QED) is 0.420. The van der Waals surface area contributed by atoms with Crippen LogP contribution in [0.3, 0.4) is 0 Å². The van der Waals surface area contributed by atoms with Gasteiger partial charge >= 0.3 is 0 Å². The maximum atomic E-state index is 6.19. The maximum absolute atomic E-state index is 6.19. The van der Waals surface area contributed by atoms with Crippen LogP contribution in [0, 0.1) is 0 Å². The molecule has 0 bridgehead atoms. The van der Waals surface area contributed by atoms with E-state index in [1.54, 1.807) is 0 Å². The number of benzene rings is 1. The summed E-state index contributed by atoms with van der Waals surface area (Å²) in [4.78, 5) is 5.85.